The highest BCUT2D eigenvalue weighted by Crippen LogP contribution is 2.34. The number of amides is 2. The van der Waals surface area contributed by atoms with E-state index in [4.69, 9.17) is 9.47 Å². The molecule has 2 N–H and O–H groups in total. The molecule has 3 rings (SSSR count). The highest BCUT2D eigenvalue weighted by molar-refractivity contribution is 5.88. The van der Waals surface area contributed by atoms with Crippen LogP contribution in [0.4, 0.5) is 10.6 Å². The van der Waals surface area contributed by atoms with Crippen LogP contribution in [0.5, 0.6) is 11.5 Å². The van der Waals surface area contributed by atoms with Crippen LogP contribution >= 0.6 is 0 Å². The molecule has 7 heteroatoms. The van der Waals surface area contributed by atoms with Crippen LogP contribution in [0.3, 0.4) is 0 Å². The lowest BCUT2D eigenvalue weighted by Gasteiger charge is -2.25. The Morgan fingerprint density at radius 2 is 1.96 bits per heavy atom. The van der Waals surface area contributed by atoms with Crippen LogP contribution in [0.2, 0.25) is 0 Å². The number of nitrogens with one attached hydrogen (secondary N) is 2. The number of carbonyl (C=O) groups excluding carboxylic acids is 1. The average Bonchev–Trinajstić information content (AvgIpc) is 2.96. The van der Waals surface area contributed by atoms with Gasteiger partial charge in [-0.3, -0.25) is 10.00 Å². The molecule has 0 fully saturated rings. The van der Waals surface area contributed by atoms with Crippen molar-refractivity contribution in [1.29, 1.82) is 0 Å². The molecule has 2 amide bonds. The molecule has 0 saturated carbocycles. The van der Waals surface area contributed by atoms with Gasteiger partial charge in [0.2, 0.25) is 0 Å². The van der Waals surface area contributed by atoms with E-state index in [9.17, 15) is 4.79 Å². The van der Waals surface area contributed by atoms with Crippen LogP contribution in [-0.2, 0) is 7.05 Å². The summed E-state index contributed by atoms with van der Waals surface area (Å²) in [6, 6.07) is 7.08. The number of nitrogens with zero attached hydrogens (tertiary/aromatic N) is 2. The number of ether oxygens (including phenoxy) is 2. The second-order valence-corrected chi connectivity index (χ2v) is 6.10. The summed E-state index contributed by atoms with van der Waals surface area (Å²) in [4.78, 5) is 12.3. The quantitative estimate of drug-likeness (QED) is 0.903. The second-order valence-electron chi connectivity index (χ2n) is 6.10. The Morgan fingerprint density at radius 3 is 2.62 bits per heavy atom. The standard InChI is InChI=1S/C17H22N4O3/c1-11(2)16(19-17(22)18-15-6-7-21(3)20-15)12-4-5-13-14(10-12)24-9-8-23-13/h4-7,10-11,16H,8-9H2,1-3H3,(H2,18,19,20,22)/t16-/m1/s1. The topological polar surface area (TPSA) is 77.4 Å². The van der Waals surface area contributed by atoms with Crippen LogP contribution in [0.25, 0.3) is 0 Å². The van der Waals surface area contributed by atoms with Crippen LogP contribution in [-0.4, -0.2) is 29.0 Å². The highest BCUT2D eigenvalue weighted by atomic mass is 16.6. The number of urea groups is 1. The van der Waals surface area contributed by atoms with Gasteiger partial charge < -0.3 is 14.8 Å². The molecule has 0 spiro atoms. The Balaban J connectivity index is 1.73. The zero-order chi connectivity index (χ0) is 17.1. The fraction of sp³-hybridized carbons (Fsp3) is 0.412. The molecular weight excluding hydrogens is 308 g/mol. The molecule has 0 aliphatic carbocycles. The molecule has 2 heterocycles. The summed E-state index contributed by atoms with van der Waals surface area (Å²) >= 11 is 0. The minimum absolute atomic E-state index is 0.149. The number of hydrogen-bond acceptors (Lipinski definition) is 4. The Bertz CT molecular complexity index is 726. The van der Waals surface area contributed by atoms with E-state index in [0.29, 0.717) is 19.0 Å². The van der Waals surface area contributed by atoms with Gasteiger partial charge in [0, 0.05) is 19.3 Å². The smallest absolute Gasteiger partial charge is 0.320 e. The minimum atomic E-state index is -0.290. The number of aromatic nitrogens is 2. The first-order chi connectivity index (χ1) is 11.5. The summed E-state index contributed by atoms with van der Waals surface area (Å²) in [5, 5.41) is 9.89. The number of carbonyl (C=O) groups is 1. The monoisotopic (exact) mass is 330 g/mol. The second kappa shape index (κ2) is 6.82. The molecule has 0 saturated heterocycles. The summed E-state index contributed by atoms with van der Waals surface area (Å²) in [6.07, 6.45) is 1.77. The minimum Gasteiger partial charge on any atom is -0.486 e. The van der Waals surface area contributed by atoms with E-state index in [2.05, 4.69) is 29.6 Å². The van der Waals surface area contributed by atoms with Crippen molar-refractivity contribution >= 4 is 11.8 Å². The van der Waals surface area contributed by atoms with Gasteiger partial charge in [-0.05, 0) is 23.6 Å². The zero-order valence-corrected chi connectivity index (χ0v) is 14.1. The Hall–Kier alpha value is -2.70. The lowest BCUT2D eigenvalue weighted by Crippen LogP contribution is -2.35. The lowest BCUT2D eigenvalue weighted by atomic mass is 9.95. The van der Waals surface area contributed by atoms with Crippen molar-refractivity contribution < 1.29 is 14.3 Å². The first-order valence-corrected chi connectivity index (χ1v) is 7.99. The maximum Gasteiger partial charge on any atom is 0.320 e. The largest absolute Gasteiger partial charge is 0.486 e. The van der Waals surface area contributed by atoms with E-state index in [1.807, 2.05) is 18.2 Å². The number of rotatable bonds is 4. The van der Waals surface area contributed by atoms with E-state index in [1.54, 1.807) is 24.0 Å². The summed E-state index contributed by atoms with van der Waals surface area (Å²) in [5.74, 6) is 2.18. The van der Waals surface area contributed by atoms with Crippen molar-refractivity contribution in [1.82, 2.24) is 15.1 Å². The maximum absolute atomic E-state index is 12.3. The molecule has 1 aliphatic rings. The third-order valence-corrected chi connectivity index (χ3v) is 3.83. The van der Waals surface area contributed by atoms with Crippen LogP contribution in [0.1, 0.15) is 25.5 Å². The number of benzene rings is 1. The SMILES string of the molecule is CC(C)[C@@H](NC(=O)Nc1ccn(C)n1)c1ccc2c(c1)OCCO2. The van der Waals surface area contributed by atoms with Crippen molar-refractivity contribution in [2.24, 2.45) is 13.0 Å². The molecule has 0 unspecified atom stereocenters. The predicted molar refractivity (Wildman–Crippen MR) is 90.4 cm³/mol. The fourth-order valence-electron chi connectivity index (χ4n) is 2.66. The first-order valence-electron chi connectivity index (χ1n) is 7.99. The number of anilines is 1. The molecule has 0 radical (unpaired) electrons. The fourth-order valence-corrected chi connectivity index (χ4v) is 2.66. The van der Waals surface area contributed by atoms with E-state index in [-0.39, 0.29) is 18.0 Å². The van der Waals surface area contributed by atoms with E-state index < -0.39 is 0 Å². The molecule has 1 aromatic heterocycles. The molecule has 2 aromatic rings. The van der Waals surface area contributed by atoms with Crippen molar-refractivity contribution in [2.75, 3.05) is 18.5 Å². The highest BCUT2D eigenvalue weighted by Gasteiger charge is 2.21. The lowest BCUT2D eigenvalue weighted by molar-refractivity contribution is 0.171. The van der Waals surface area contributed by atoms with Gasteiger partial charge in [-0.25, -0.2) is 4.79 Å². The van der Waals surface area contributed by atoms with Gasteiger partial charge in [-0.2, -0.15) is 5.10 Å². The van der Waals surface area contributed by atoms with Crippen LogP contribution < -0.4 is 20.1 Å². The number of fused-ring (bicyclic) bond motifs is 1. The molecule has 128 valence electrons. The van der Waals surface area contributed by atoms with Gasteiger partial charge in [0.1, 0.15) is 13.2 Å². The molecule has 1 atom stereocenters. The van der Waals surface area contributed by atoms with E-state index in [1.165, 1.54) is 0 Å². The summed E-state index contributed by atoms with van der Waals surface area (Å²) < 4.78 is 12.8. The third-order valence-electron chi connectivity index (χ3n) is 3.83. The van der Waals surface area contributed by atoms with Gasteiger partial charge in [0.05, 0.1) is 6.04 Å². The Morgan fingerprint density at radius 1 is 1.21 bits per heavy atom. The van der Waals surface area contributed by atoms with Gasteiger partial charge in [0.25, 0.3) is 0 Å². The van der Waals surface area contributed by atoms with Crippen molar-refractivity contribution in [3.63, 3.8) is 0 Å². The van der Waals surface area contributed by atoms with Crippen molar-refractivity contribution in [2.45, 2.75) is 19.9 Å². The van der Waals surface area contributed by atoms with E-state index in [0.717, 1.165) is 17.1 Å². The van der Waals surface area contributed by atoms with Crippen molar-refractivity contribution in [3.8, 4) is 11.5 Å². The van der Waals surface area contributed by atoms with Gasteiger partial charge >= 0.3 is 6.03 Å². The predicted octanol–water partition coefficient (Wildman–Crippen LogP) is 2.71. The zero-order valence-electron chi connectivity index (χ0n) is 14.1. The third kappa shape index (κ3) is 3.61. The first kappa shape index (κ1) is 16.2. The molecule has 1 aromatic carbocycles. The molecule has 1 aliphatic heterocycles. The Kier molecular flexibility index (Phi) is 4.59. The van der Waals surface area contributed by atoms with Gasteiger partial charge in [-0.1, -0.05) is 19.9 Å². The molecule has 7 nitrogen and oxygen atoms in total. The summed E-state index contributed by atoms with van der Waals surface area (Å²) in [7, 11) is 1.80. The van der Waals surface area contributed by atoms with Crippen LogP contribution in [0.15, 0.2) is 30.5 Å². The molecule has 24 heavy (non-hydrogen) atoms. The van der Waals surface area contributed by atoms with Crippen molar-refractivity contribution in [3.05, 3.63) is 36.0 Å². The average molecular weight is 330 g/mol. The molecule has 0 bridgehead atoms. The van der Waals surface area contributed by atoms with Gasteiger partial charge in [-0.15, -0.1) is 0 Å². The maximum atomic E-state index is 12.3. The van der Waals surface area contributed by atoms with E-state index >= 15 is 0 Å². The molecular formula is C17H22N4O3. The number of aryl methyl sites for hydroxylation is 1. The number of hydrogen-bond donors (Lipinski definition) is 2. The summed E-state index contributed by atoms with van der Waals surface area (Å²) in [6.45, 7) is 5.21. The van der Waals surface area contributed by atoms with Crippen LogP contribution in [0, 0.1) is 5.92 Å². The summed E-state index contributed by atoms with van der Waals surface area (Å²) in [5.41, 5.74) is 0.977. The van der Waals surface area contributed by atoms with Gasteiger partial charge in [0.15, 0.2) is 17.3 Å². The normalized spacial score (nSPS) is 14.3. The Labute approximate surface area is 140 Å².